The number of hydrogen-bond donors (Lipinski definition) is 0. The zero-order valence-corrected chi connectivity index (χ0v) is 16.7. The van der Waals surface area contributed by atoms with Gasteiger partial charge in [-0.2, -0.15) is 0 Å². The van der Waals surface area contributed by atoms with Gasteiger partial charge in [0, 0.05) is 22.3 Å². The lowest BCUT2D eigenvalue weighted by molar-refractivity contribution is 0.0979. The predicted octanol–water partition coefficient (Wildman–Crippen LogP) is 6.30. The fourth-order valence-corrected chi connectivity index (χ4v) is 4.17. The molecule has 2 heteroatoms. The highest BCUT2D eigenvalue weighted by molar-refractivity contribution is 6.29. The van der Waals surface area contributed by atoms with Gasteiger partial charge in [-0.1, -0.05) is 51.0 Å². The lowest BCUT2D eigenvalue weighted by Gasteiger charge is -2.21. The van der Waals surface area contributed by atoms with Gasteiger partial charge in [0.2, 0.25) is 0 Å². The minimum Gasteiger partial charge on any atom is -0.289 e. The van der Waals surface area contributed by atoms with E-state index in [1.165, 1.54) is 11.1 Å². The molecule has 0 saturated heterocycles. The molecule has 3 aromatic rings. The van der Waals surface area contributed by atoms with E-state index in [1.807, 2.05) is 48.5 Å². The first-order valence-corrected chi connectivity index (χ1v) is 10.4. The van der Waals surface area contributed by atoms with Crippen molar-refractivity contribution >= 4 is 22.3 Å². The number of rotatable bonds is 6. The number of carbonyl (C=O) groups excluding carboxylic acids is 2. The third-order valence-corrected chi connectivity index (χ3v) is 5.80. The molecular weight excluding hydrogens is 344 g/mol. The van der Waals surface area contributed by atoms with Crippen LogP contribution in [0.3, 0.4) is 0 Å². The Hall–Kier alpha value is -2.74. The topological polar surface area (TPSA) is 34.1 Å². The molecule has 2 nitrogen and oxygen atoms in total. The smallest absolute Gasteiger partial charge is 0.194 e. The maximum absolute atomic E-state index is 13.3. The number of fused-ring (bicyclic) bond motifs is 3. The maximum atomic E-state index is 13.3. The van der Waals surface area contributed by atoms with Crippen LogP contribution in [0.5, 0.6) is 0 Å². The third-order valence-electron chi connectivity index (χ3n) is 5.80. The molecule has 0 radical (unpaired) electrons. The Kier molecular flexibility index (Phi) is 5.13. The van der Waals surface area contributed by atoms with Crippen molar-refractivity contribution in [3.63, 3.8) is 0 Å². The summed E-state index contributed by atoms with van der Waals surface area (Å²) in [4.78, 5) is 26.6. The van der Waals surface area contributed by atoms with E-state index in [2.05, 4.69) is 13.8 Å². The monoisotopic (exact) mass is 370 g/mol. The van der Waals surface area contributed by atoms with E-state index in [4.69, 9.17) is 0 Å². The van der Waals surface area contributed by atoms with Gasteiger partial charge in [0.15, 0.2) is 11.6 Å². The lowest BCUT2D eigenvalue weighted by atomic mass is 9.80. The van der Waals surface area contributed by atoms with Gasteiger partial charge in [0.1, 0.15) is 0 Å². The normalized spacial score (nSPS) is 12.9. The largest absolute Gasteiger partial charge is 0.289 e. The second-order valence-corrected chi connectivity index (χ2v) is 7.78. The number of aryl methyl sites for hydroxylation is 2. The molecule has 0 spiro atoms. The van der Waals surface area contributed by atoms with E-state index in [9.17, 15) is 9.59 Å². The van der Waals surface area contributed by atoms with Crippen LogP contribution in [0.15, 0.2) is 48.5 Å². The third kappa shape index (κ3) is 3.17. The van der Waals surface area contributed by atoms with E-state index in [1.54, 1.807) is 0 Å². The van der Waals surface area contributed by atoms with Crippen LogP contribution in [0.2, 0.25) is 0 Å². The first kappa shape index (κ1) is 18.6. The van der Waals surface area contributed by atoms with Crippen molar-refractivity contribution in [2.24, 2.45) is 0 Å². The van der Waals surface area contributed by atoms with Gasteiger partial charge < -0.3 is 0 Å². The molecule has 0 aliphatic heterocycles. The van der Waals surface area contributed by atoms with Crippen molar-refractivity contribution in [1.82, 2.24) is 0 Å². The molecule has 0 N–H and O–H groups in total. The Morgan fingerprint density at radius 1 is 0.607 bits per heavy atom. The molecule has 0 amide bonds. The van der Waals surface area contributed by atoms with Crippen LogP contribution >= 0.6 is 0 Å². The van der Waals surface area contributed by atoms with Crippen molar-refractivity contribution in [2.75, 3.05) is 0 Å². The first-order chi connectivity index (χ1) is 13.6. The molecular formula is C26H26O2. The molecule has 1 aliphatic rings. The van der Waals surface area contributed by atoms with Crippen molar-refractivity contribution < 1.29 is 9.59 Å². The van der Waals surface area contributed by atoms with E-state index >= 15 is 0 Å². The predicted molar refractivity (Wildman–Crippen MR) is 114 cm³/mol. The number of ketones is 2. The Bertz CT molecular complexity index is 990. The zero-order valence-electron chi connectivity index (χ0n) is 16.7. The summed E-state index contributed by atoms with van der Waals surface area (Å²) in [5.74, 6) is -0.0368. The van der Waals surface area contributed by atoms with E-state index in [0.29, 0.717) is 22.3 Å². The van der Waals surface area contributed by atoms with Crippen molar-refractivity contribution in [3.8, 4) is 0 Å². The molecule has 3 aromatic carbocycles. The van der Waals surface area contributed by atoms with Crippen LogP contribution in [-0.4, -0.2) is 11.6 Å². The fraction of sp³-hybridized carbons (Fsp3) is 0.308. The molecule has 1 aliphatic carbocycles. The molecule has 28 heavy (non-hydrogen) atoms. The van der Waals surface area contributed by atoms with E-state index < -0.39 is 0 Å². The van der Waals surface area contributed by atoms with Gasteiger partial charge in [0.05, 0.1) is 0 Å². The molecule has 0 saturated carbocycles. The summed E-state index contributed by atoms with van der Waals surface area (Å²) < 4.78 is 0. The Morgan fingerprint density at radius 2 is 1.00 bits per heavy atom. The molecule has 0 atom stereocenters. The Balaban J connectivity index is 1.86. The minimum absolute atomic E-state index is 0.0184. The molecule has 0 aromatic heterocycles. The van der Waals surface area contributed by atoms with Gasteiger partial charge >= 0.3 is 0 Å². The summed E-state index contributed by atoms with van der Waals surface area (Å²) in [6.45, 7) is 4.36. The van der Waals surface area contributed by atoms with Crippen LogP contribution < -0.4 is 0 Å². The number of unbranched alkanes of at least 4 members (excludes halogenated alkanes) is 2. The Morgan fingerprint density at radius 3 is 1.39 bits per heavy atom. The van der Waals surface area contributed by atoms with Crippen LogP contribution in [0.4, 0.5) is 0 Å². The minimum atomic E-state index is -0.0184. The van der Waals surface area contributed by atoms with Gasteiger partial charge in [0.25, 0.3) is 0 Å². The quantitative estimate of drug-likeness (QED) is 0.399. The van der Waals surface area contributed by atoms with Gasteiger partial charge in [-0.3, -0.25) is 9.59 Å². The van der Waals surface area contributed by atoms with Crippen LogP contribution in [0, 0.1) is 0 Å². The SMILES string of the molecule is CCCCc1cc2c(cc1CCCC)C(=O)c1cc3ccccc3cc1C2=O. The summed E-state index contributed by atoms with van der Waals surface area (Å²) in [5, 5.41) is 1.99. The van der Waals surface area contributed by atoms with Crippen LogP contribution in [-0.2, 0) is 12.8 Å². The number of carbonyl (C=O) groups is 2. The van der Waals surface area contributed by atoms with Crippen molar-refractivity contribution in [1.29, 1.82) is 0 Å². The summed E-state index contributed by atoms with van der Waals surface area (Å²) in [7, 11) is 0. The van der Waals surface area contributed by atoms with Crippen LogP contribution in [0.1, 0.15) is 82.5 Å². The molecule has 0 bridgehead atoms. The average molecular weight is 370 g/mol. The fourth-order valence-electron chi connectivity index (χ4n) is 4.17. The summed E-state index contributed by atoms with van der Waals surface area (Å²) >= 11 is 0. The second kappa shape index (κ2) is 7.71. The Labute approximate surface area is 166 Å². The highest BCUT2D eigenvalue weighted by Crippen LogP contribution is 2.33. The number of hydrogen-bond acceptors (Lipinski definition) is 2. The average Bonchev–Trinajstić information content (AvgIpc) is 2.73. The lowest BCUT2D eigenvalue weighted by Crippen LogP contribution is -2.22. The van der Waals surface area contributed by atoms with Crippen molar-refractivity contribution in [2.45, 2.75) is 52.4 Å². The highest BCUT2D eigenvalue weighted by atomic mass is 16.1. The van der Waals surface area contributed by atoms with E-state index in [-0.39, 0.29) is 11.6 Å². The maximum Gasteiger partial charge on any atom is 0.194 e. The molecule has 142 valence electrons. The standard InChI is InChI=1S/C26H26O2/c1-3-5-9-17-13-21-22(14-18(17)10-6-4-2)26(28)24-16-20-12-8-7-11-19(20)15-23(24)25(21)27/h7-8,11-16H,3-6,9-10H2,1-2H3. The molecule has 0 heterocycles. The molecule has 0 unspecified atom stereocenters. The highest BCUT2D eigenvalue weighted by Gasteiger charge is 2.31. The number of benzene rings is 3. The summed E-state index contributed by atoms with van der Waals surface area (Å²) in [5.41, 5.74) is 4.72. The first-order valence-electron chi connectivity index (χ1n) is 10.4. The zero-order chi connectivity index (χ0) is 19.7. The summed E-state index contributed by atoms with van der Waals surface area (Å²) in [6.07, 6.45) is 6.37. The van der Waals surface area contributed by atoms with Gasteiger partial charge in [-0.15, -0.1) is 0 Å². The van der Waals surface area contributed by atoms with Gasteiger partial charge in [-0.05, 0) is 71.8 Å². The molecule has 0 fully saturated rings. The van der Waals surface area contributed by atoms with E-state index in [0.717, 1.165) is 49.3 Å². The van der Waals surface area contributed by atoms with Crippen molar-refractivity contribution in [3.05, 3.63) is 81.9 Å². The van der Waals surface area contributed by atoms with Gasteiger partial charge in [-0.25, -0.2) is 0 Å². The summed E-state index contributed by atoms with van der Waals surface area (Å²) in [6, 6.07) is 15.7. The van der Waals surface area contributed by atoms with Crippen LogP contribution in [0.25, 0.3) is 10.8 Å². The molecule has 4 rings (SSSR count). The second-order valence-electron chi connectivity index (χ2n) is 7.78.